The SMILES string of the molecule is CC(=O)Nc1ccc(N(Cc2ccccc2)C(C)C)cn1. The van der Waals surface area contributed by atoms with E-state index in [0.717, 1.165) is 12.2 Å². The van der Waals surface area contributed by atoms with Gasteiger partial charge in [-0.3, -0.25) is 4.79 Å². The average Bonchev–Trinajstić information content (AvgIpc) is 2.46. The van der Waals surface area contributed by atoms with Crippen molar-refractivity contribution in [1.29, 1.82) is 0 Å². The molecule has 2 rings (SSSR count). The third kappa shape index (κ3) is 4.31. The molecule has 0 fully saturated rings. The minimum absolute atomic E-state index is 0.111. The van der Waals surface area contributed by atoms with Crippen LogP contribution in [-0.4, -0.2) is 16.9 Å². The first kappa shape index (κ1) is 15.0. The molecule has 0 aliphatic heterocycles. The van der Waals surface area contributed by atoms with E-state index < -0.39 is 0 Å². The van der Waals surface area contributed by atoms with E-state index in [9.17, 15) is 4.79 Å². The molecule has 110 valence electrons. The first-order valence-corrected chi connectivity index (χ1v) is 7.10. The van der Waals surface area contributed by atoms with Gasteiger partial charge in [-0.15, -0.1) is 0 Å². The van der Waals surface area contributed by atoms with Crippen molar-refractivity contribution < 1.29 is 4.79 Å². The van der Waals surface area contributed by atoms with E-state index in [1.165, 1.54) is 12.5 Å². The largest absolute Gasteiger partial charge is 0.364 e. The molecule has 2 aromatic rings. The van der Waals surface area contributed by atoms with Crippen molar-refractivity contribution in [1.82, 2.24) is 4.98 Å². The van der Waals surface area contributed by atoms with Gasteiger partial charge in [-0.2, -0.15) is 0 Å². The molecule has 1 N–H and O–H groups in total. The highest BCUT2D eigenvalue weighted by atomic mass is 16.1. The Morgan fingerprint density at radius 2 is 1.90 bits per heavy atom. The minimum atomic E-state index is -0.111. The molecule has 1 amide bonds. The molecule has 4 heteroatoms. The molecule has 0 spiro atoms. The summed E-state index contributed by atoms with van der Waals surface area (Å²) in [5, 5.41) is 2.68. The zero-order valence-corrected chi connectivity index (χ0v) is 12.7. The summed E-state index contributed by atoms with van der Waals surface area (Å²) in [6.07, 6.45) is 1.80. The molecular formula is C17H21N3O. The van der Waals surface area contributed by atoms with Gasteiger partial charge < -0.3 is 10.2 Å². The first-order chi connectivity index (χ1) is 10.1. The van der Waals surface area contributed by atoms with Gasteiger partial charge in [0.2, 0.25) is 5.91 Å². The van der Waals surface area contributed by atoms with Crippen LogP contribution in [0.1, 0.15) is 26.3 Å². The van der Waals surface area contributed by atoms with Gasteiger partial charge in [0.15, 0.2) is 0 Å². The summed E-state index contributed by atoms with van der Waals surface area (Å²) in [5.74, 6) is 0.468. The van der Waals surface area contributed by atoms with Crippen LogP contribution in [0.2, 0.25) is 0 Å². The van der Waals surface area contributed by atoms with Crippen LogP contribution in [0.15, 0.2) is 48.7 Å². The molecule has 21 heavy (non-hydrogen) atoms. The van der Waals surface area contributed by atoms with Crippen molar-refractivity contribution in [3.8, 4) is 0 Å². The standard InChI is InChI=1S/C17H21N3O/c1-13(2)20(12-15-7-5-4-6-8-15)16-9-10-17(18-11-16)19-14(3)21/h4-11,13H,12H2,1-3H3,(H,18,19,21). The highest BCUT2D eigenvalue weighted by Gasteiger charge is 2.11. The topological polar surface area (TPSA) is 45.2 Å². The number of amides is 1. The van der Waals surface area contributed by atoms with E-state index in [1.807, 2.05) is 30.3 Å². The van der Waals surface area contributed by atoms with Crippen LogP contribution < -0.4 is 10.2 Å². The Balaban J connectivity index is 2.16. The molecule has 0 saturated heterocycles. The van der Waals surface area contributed by atoms with Gasteiger partial charge in [0.05, 0.1) is 11.9 Å². The second kappa shape index (κ2) is 6.88. The van der Waals surface area contributed by atoms with Gasteiger partial charge in [0.25, 0.3) is 0 Å². The Hall–Kier alpha value is -2.36. The lowest BCUT2D eigenvalue weighted by atomic mass is 10.1. The van der Waals surface area contributed by atoms with E-state index in [2.05, 4.69) is 41.2 Å². The molecule has 0 bridgehead atoms. The summed E-state index contributed by atoms with van der Waals surface area (Å²) in [6.45, 7) is 6.63. The number of hydrogen-bond donors (Lipinski definition) is 1. The molecule has 1 aromatic heterocycles. The fourth-order valence-corrected chi connectivity index (χ4v) is 2.16. The summed E-state index contributed by atoms with van der Waals surface area (Å²) in [7, 11) is 0. The van der Waals surface area contributed by atoms with E-state index in [0.29, 0.717) is 11.9 Å². The molecular weight excluding hydrogens is 262 g/mol. The maximum atomic E-state index is 11.0. The smallest absolute Gasteiger partial charge is 0.222 e. The maximum absolute atomic E-state index is 11.0. The van der Waals surface area contributed by atoms with Gasteiger partial charge in [0, 0.05) is 19.5 Å². The average molecular weight is 283 g/mol. The highest BCUT2D eigenvalue weighted by molar-refractivity contribution is 5.87. The number of anilines is 2. The summed E-state index contributed by atoms with van der Waals surface area (Å²) in [5.41, 5.74) is 2.31. The van der Waals surface area contributed by atoms with E-state index in [4.69, 9.17) is 0 Å². The molecule has 0 saturated carbocycles. The lowest BCUT2D eigenvalue weighted by Crippen LogP contribution is -2.30. The normalized spacial score (nSPS) is 10.5. The second-order valence-corrected chi connectivity index (χ2v) is 5.29. The number of aromatic nitrogens is 1. The number of nitrogens with one attached hydrogen (secondary N) is 1. The number of rotatable bonds is 5. The molecule has 0 aliphatic rings. The van der Waals surface area contributed by atoms with Crippen molar-refractivity contribution in [2.75, 3.05) is 10.2 Å². The van der Waals surface area contributed by atoms with Gasteiger partial charge in [-0.05, 0) is 31.5 Å². The third-order valence-corrected chi connectivity index (χ3v) is 3.20. The van der Waals surface area contributed by atoms with Crippen LogP contribution in [0.4, 0.5) is 11.5 Å². The summed E-state index contributed by atoms with van der Waals surface area (Å²) in [6, 6.07) is 14.5. The zero-order chi connectivity index (χ0) is 15.2. The van der Waals surface area contributed by atoms with Crippen molar-refractivity contribution >= 4 is 17.4 Å². The van der Waals surface area contributed by atoms with Crippen LogP contribution in [0.5, 0.6) is 0 Å². The Kier molecular flexibility index (Phi) is 4.93. The fraction of sp³-hybridized carbons (Fsp3) is 0.294. The number of carbonyl (C=O) groups excluding carboxylic acids is 1. The quantitative estimate of drug-likeness (QED) is 0.914. The van der Waals surface area contributed by atoms with Crippen molar-refractivity contribution in [2.24, 2.45) is 0 Å². The lowest BCUT2D eigenvalue weighted by Gasteiger charge is -2.29. The Morgan fingerprint density at radius 1 is 1.19 bits per heavy atom. The highest BCUT2D eigenvalue weighted by Crippen LogP contribution is 2.20. The molecule has 1 heterocycles. The molecule has 0 atom stereocenters. The number of pyridine rings is 1. The third-order valence-electron chi connectivity index (χ3n) is 3.20. The summed E-state index contributed by atoms with van der Waals surface area (Å²) in [4.78, 5) is 17.6. The molecule has 0 aliphatic carbocycles. The summed E-state index contributed by atoms with van der Waals surface area (Å²) >= 11 is 0. The predicted molar refractivity (Wildman–Crippen MR) is 86.3 cm³/mol. The van der Waals surface area contributed by atoms with Crippen LogP contribution in [-0.2, 0) is 11.3 Å². The summed E-state index contributed by atoms with van der Waals surface area (Å²) < 4.78 is 0. The van der Waals surface area contributed by atoms with Gasteiger partial charge in [-0.1, -0.05) is 30.3 Å². The van der Waals surface area contributed by atoms with Crippen molar-refractivity contribution in [3.05, 3.63) is 54.2 Å². The first-order valence-electron chi connectivity index (χ1n) is 7.10. The van der Waals surface area contributed by atoms with E-state index in [1.54, 1.807) is 6.20 Å². The number of benzene rings is 1. The minimum Gasteiger partial charge on any atom is -0.364 e. The van der Waals surface area contributed by atoms with Gasteiger partial charge in [-0.25, -0.2) is 4.98 Å². The monoisotopic (exact) mass is 283 g/mol. The Morgan fingerprint density at radius 3 is 2.43 bits per heavy atom. The van der Waals surface area contributed by atoms with E-state index >= 15 is 0 Å². The van der Waals surface area contributed by atoms with Gasteiger partial charge in [0.1, 0.15) is 5.82 Å². The van der Waals surface area contributed by atoms with Gasteiger partial charge >= 0.3 is 0 Å². The fourth-order valence-electron chi connectivity index (χ4n) is 2.16. The number of hydrogen-bond acceptors (Lipinski definition) is 3. The maximum Gasteiger partial charge on any atom is 0.222 e. The Labute approximate surface area is 125 Å². The molecule has 4 nitrogen and oxygen atoms in total. The molecule has 1 aromatic carbocycles. The zero-order valence-electron chi connectivity index (χ0n) is 12.7. The lowest BCUT2D eigenvalue weighted by molar-refractivity contribution is -0.114. The van der Waals surface area contributed by atoms with Crippen LogP contribution >= 0.6 is 0 Å². The van der Waals surface area contributed by atoms with Crippen molar-refractivity contribution in [2.45, 2.75) is 33.4 Å². The van der Waals surface area contributed by atoms with Crippen LogP contribution in [0.3, 0.4) is 0 Å². The van der Waals surface area contributed by atoms with Crippen molar-refractivity contribution in [3.63, 3.8) is 0 Å². The Bertz CT molecular complexity index is 579. The number of carbonyl (C=O) groups is 1. The van der Waals surface area contributed by atoms with Crippen LogP contribution in [0.25, 0.3) is 0 Å². The number of nitrogens with zero attached hydrogens (tertiary/aromatic N) is 2. The molecule has 0 radical (unpaired) electrons. The molecule has 0 unspecified atom stereocenters. The predicted octanol–water partition coefficient (Wildman–Crippen LogP) is 3.46. The van der Waals surface area contributed by atoms with E-state index in [-0.39, 0.29) is 5.91 Å². The second-order valence-electron chi connectivity index (χ2n) is 5.29. The van der Waals surface area contributed by atoms with Crippen LogP contribution in [0, 0.1) is 0 Å².